The van der Waals surface area contributed by atoms with Gasteiger partial charge >= 0.3 is 0 Å². The summed E-state index contributed by atoms with van der Waals surface area (Å²) in [6.45, 7) is 6.35. The van der Waals surface area contributed by atoms with Crippen LogP contribution in [0, 0.1) is 0 Å². The average Bonchev–Trinajstić information content (AvgIpc) is 3.14. The van der Waals surface area contributed by atoms with Gasteiger partial charge in [0, 0.05) is 11.1 Å². The number of carbonyl (C=O) groups is 1. The standard InChI is InChI=1S/C22H22N2O3/c1-13(2)19-11-17(16-6-4-5-7-18(16)24-19)22(25)23-14(3)15-8-9-20-21(10-15)27-12-26-20/h4-11,13-14H,12H2,1-3H3,(H,23,25). The van der Waals surface area contributed by atoms with Gasteiger partial charge in [-0.25, -0.2) is 0 Å². The average molecular weight is 362 g/mol. The molecule has 0 radical (unpaired) electrons. The number of ether oxygens (including phenoxy) is 2. The molecule has 1 N–H and O–H groups in total. The number of rotatable bonds is 4. The first kappa shape index (κ1) is 17.3. The topological polar surface area (TPSA) is 60.5 Å². The Morgan fingerprint density at radius 1 is 1.04 bits per heavy atom. The molecule has 5 heteroatoms. The normalized spacial score (nSPS) is 13.8. The van der Waals surface area contributed by atoms with E-state index in [2.05, 4.69) is 24.1 Å². The van der Waals surface area contributed by atoms with E-state index >= 15 is 0 Å². The van der Waals surface area contributed by atoms with Crippen LogP contribution in [0.15, 0.2) is 48.5 Å². The number of aromatic nitrogens is 1. The maximum atomic E-state index is 13.1. The third-order valence-electron chi connectivity index (χ3n) is 4.82. The highest BCUT2D eigenvalue weighted by Gasteiger charge is 2.19. The molecule has 0 spiro atoms. The molecule has 1 aliphatic heterocycles. The van der Waals surface area contributed by atoms with Crippen LogP contribution in [0.1, 0.15) is 54.3 Å². The summed E-state index contributed by atoms with van der Waals surface area (Å²) in [6, 6.07) is 15.2. The van der Waals surface area contributed by atoms with Crippen molar-refractivity contribution in [2.45, 2.75) is 32.7 Å². The molecule has 5 nitrogen and oxygen atoms in total. The molecule has 1 atom stereocenters. The van der Waals surface area contributed by atoms with E-state index < -0.39 is 0 Å². The lowest BCUT2D eigenvalue weighted by atomic mass is 10.0. The lowest BCUT2D eigenvalue weighted by molar-refractivity contribution is 0.0941. The summed E-state index contributed by atoms with van der Waals surface area (Å²) in [5.41, 5.74) is 3.37. The molecule has 2 aromatic carbocycles. The second kappa shape index (κ2) is 6.91. The van der Waals surface area contributed by atoms with Crippen LogP contribution in [0.4, 0.5) is 0 Å². The molecule has 1 unspecified atom stereocenters. The fourth-order valence-electron chi connectivity index (χ4n) is 3.22. The number of amides is 1. The SMILES string of the molecule is CC(C)c1cc(C(=O)NC(C)c2ccc3c(c2)OCO3)c2ccccc2n1. The van der Waals surface area contributed by atoms with Gasteiger partial charge in [-0.3, -0.25) is 9.78 Å². The summed E-state index contributed by atoms with van der Waals surface area (Å²) in [4.78, 5) is 17.7. The Kier molecular flexibility index (Phi) is 4.44. The molecule has 1 amide bonds. The Morgan fingerprint density at radius 3 is 2.63 bits per heavy atom. The van der Waals surface area contributed by atoms with Crippen molar-refractivity contribution in [3.8, 4) is 11.5 Å². The molecule has 4 rings (SSSR count). The first-order valence-corrected chi connectivity index (χ1v) is 9.13. The number of hydrogen-bond donors (Lipinski definition) is 1. The summed E-state index contributed by atoms with van der Waals surface area (Å²) in [6.07, 6.45) is 0. The molecule has 1 aliphatic rings. The lowest BCUT2D eigenvalue weighted by Crippen LogP contribution is -2.27. The quantitative estimate of drug-likeness (QED) is 0.738. The molecular formula is C22H22N2O3. The van der Waals surface area contributed by atoms with Gasteiger partial charge in [0.1, 0.15) is 0 Å². The van der Waals surface area contributed by atoms with E-state index in [4.69, 9.17) is 9.47 Å². The molecule has 0 bridgehead atoms. The summed E-state index contributed by atoms with van der Waals surface area (Å²) >= 11 is 0. The van der Waals surface area contributed by atoms with Crippen molar-refractivity contribution in [1.29, 1.82) is 0 Å². The molecule has 2 heterocycles. The van der Waals surface area contributed by atoms with Crippen LogP contribution in [0.2, 0.25) is 0 Å². The molecule has 27 heavy (non-hydrogen) atoms. The highest BCUT2D eigenvalue weighted by atomic mass is 16.7. The summed E-state index contributed by atoms with van der Waals surface area (Å²) in [7, 11) is 0. The molecule has 1 aromatic heterocycles. The molecule has 0 aliphatic carbocycles. The zero-order valence-electron chi connectivity index (χ0n) is 15.7. The molecule has 0 fully saturated rings. The maximum Gasteiger partial charge on any atom is 0.252 e. The first-order valence-electron chi connectivity index (χ1n) is 9.13. The number of pyridine rings is 1. The van der Waals surface area contributed by atoms with Gasteiger partial charge in [0.2, 0.25) is 6.79 Å². The predicted molar refractivity (Wildman–Crippen MR) is 104 cm³/mol. The van der Waals surface area contributed by atoms with Crippen molar-refractivity contribution in [3.05, 3.63) is 65.4 Å². The van der Waals surface area contributed by atoms with Gasteiger partial charge in [-0.1, -0.05) is 38.1 Å². The van der Waals surface area contributed by atoms with E-state index in [1.165, 1.54) is 0 Å². The fourth-order valence-corrected chi connectivity index (χ4v) is 3.22. The van der Waals surface area contributed by atoms with E-state index in [0.717, 1.165) is 27.9 Å². The second-order valence-electron chi connectivity index (χ2n) is 7.07. The van der Waals surface area contributed by atoms with Crippen molar-refractivity contribution in [2.75, 3.05) is 6.79 Å². The van der Waals surface area contributed by atoms with Crippen molar-refractivity contribution >= 4 is 16.8 Å². The Hall–Kier alpha value is -3.08. The molecule has 0 saturated heterocycles. The van der Waals surface area contributed by atoms with Gasteiger partial charge in [0.05, 0.1) is 17.1 Å². The van der Waals surface area contributed by atoms with Gasteiger partial charge in [0.15, 0.2) is 11.5 Å². The van der Waals surface area contributed by atoms with Crippen LogP contribution in [0.3, 0.4) is 0 Å². The van der Waals surface area contributed by atoms with Crippen molar-refractivity contribution in [3.63, 3.8) is 0 Å². The van der Waals surface area contributed by atoms with Crippen molar-refractivity contribution < 1.29 is 14.3 Å². The smallest absolute Gasteiger partial charge is 0.252 e. The summed E-state index contributed by atoms with van der Waals surface area (Å²) < 4.78 is 10.8. The van der Waals surface area contributed by atoms with Crippen LogP contribution in [-0.2, 0) is 0 Å². The highest BCUT2D eigenvalue weighted by molar-refractivity contribution is 6.06. The Morgan fingerprint density at radius 2 is 1.81 bits per heavy atom. The summed E-state index contributed by atoms with van der Waals surface area (Å²) in [5.74, 6) is 1.58. The third kappa shape index (κ3) is 3.33. The van der Waals surface area contributed by atoms with Crippen LogP contribution >= 0.6 is 0 Å². The van der Waals surface area contributed by atoms with E-state index in [-0.39, 0.29) is 24.7 Å². The molecular weight excluding hydrogens is 340 g/mol. The Bertz CT molecular complexity index is 1010. The van der Waals surface area contributed by atoms with Crippen LogP contribution in [-0.4, -0.2) is 17.7 Å². The van der Waals surface area contributed by atoms with Gasteiger partial charge in [-0.2, -0.15) is 0 Å². The van der Waals surface area contributed by atoms with Gasteiger partial charge < -0.3 is 14.8 Å². The first-order chi connectivity index (χ1) is 13.0. The number of carbonyl (C=O) groups excluding carboxylic acids is 1. The maximum absolute atomic E-state index is 13.1. The van der Waals surface area contributed by atoms with Crippen molar-refractivity contribution in [2.24, 2.45) is 0 Å². The van der Waals surface area contributed by atoms with Gasteiger partial charge in [-0.05, 0) is 42.7 Å². The van der Waals surface area contributed by atoms with E-state index in [0.29, 0.717) is 11.3 Å². The minimum Gasteiger partial charge on any atom is -0.454 e. The molecule has 3 aromatic rings. The van der Waals surface area contributed by atoms with Crippen LogP contribution in [0.25, 0.3) is 10.9 Å². The summed E-state index contributed by atoms with van der Waals surface area (Å²) in [5, 5.41) is 3.96. The van der Waals surface area contributed by atoms with Crippen LogP contribution < -0.4 is 14.8 Å². The predicted octanol–water partition coefficient (Wildman–Crippen LogP) is 4.58. The Labute approximate surface area is 158 Å². The fraction of sp³-hybridized carbons (Fsp3) is 0.273. The number of hydrogen-bond acceptors (Lipinski definition) is 4. The zero-order valence-corrected chi connectivity index (χ0v) is 15.7. The number of nitrogens with one attached hydrogen (secondary N) is 1. The molecule has 138 valence electrons. The van der Waals surface area contributed by atoms with E-state index in [1.807, 2.05) is 55.5 Å². The number of benzene rings is 2. The van der Waals surface area contributed by atoms with Gasteiger partial charge in [-0.15, -0.1) is 0 Å². The zero-order chi connectivity index (χ0) is 19.0. The monoisotopic (exact) mass is 362 g/mol. The molecule has 0 saturated carbocycles. The van der Waals surface area contributed by atoms with E-state index in [9.17, 15) is 4.79 Å². The number of fused-ring (bicyclic) bond motifs is 2. The minimum absolute atomic E-state index is 0.110. The Balaban J connectivity index is 1.64. The largest absolute Gasteiger partial charge is 0.454 e. The highest BCUT2D eigenvalue weighted by Crippen LogP contribution is 2.34. The van der Waals surface area contributed by atoms with E-state index in [1.54, 1.807) is 0 Å². The minimum atomic E-state index is -0.165. The van der Waals surface area contributed by atoms with Crippen LogP contribution in [0.5, 0.6) is 11.5 Å². The van der Waals surface area contributed by atoms with Gasteiger partial charge in [0.25, 0.3) is 5.91 Å². The number of para-hydroxylation sites is 1. The number of nitrogens with zero attached hydrogens (tertiary/aromatic N) is 1. The lowest BCUT2D eigenvalue weighted by Gasteiger charge is -2.17. The third-order valence-corrected chi connectivity index (χ3v) is 4.82. The van der Waals surface area contributed by atoms with Crippen molar-refractivity contribution in [1.82, 2.24) is 10.3 Å². The second-order valence-corrected chi connectivity index (χ2v) is 7.07.